The molecule has 3 unspecified atom stereocenters. The molecule has 0 amide bonds. The van der Waals surface area contributed by atoms with Gasteiger partial charge in [0.05, 0.1) is 26.4 Å². The monoisotopic (exact) mass is 1540 g/mol. The third kappa shape index (κ3) is 78.5. The maximum atomic E-state index is 13.2. The van der Waals surface area contributed by atoms with Gasteiger partial charge in [0.15, 0.2) is 12.2 Å². The minimum atomic E-state index is -4.97. The topological polar surface area (TPSA) is 237 Å². The molecule has 0 aromatic rings. The molecule has 3 N–H and O–H groups in total. The number of esters is 4. The Balaban J connectivity index is 5.24. The molecule has 0 bridgehead atoms. The molecule has 0 aliphatic carbocycles. The Kier molecular flexibility index (Phi) is 74.7. The van der Waals surface area contributed by atoms with Crippen molar-refractivity contribution < 1.29 is 80.2 Å². The summed E-state index contributed by atoms with van der Waals surface area (Å²) in [6.45, 7) is 12.0. The van der Waals surface area contributed by atoms with Crippen LogP contribution in [-0.4, -0.2) is 96.7 Å². The van der Waals surface area contributed by atoms with Crippen LogP contribution in [0.15, 0.2) is 0 Å². The first-order chi connectivity index (χ1) is 50.8. The Labute approximate surface area is 645 Å². The van der Waals surface area contributed by atoms with E-state index >= 15 is 0 Å². The quantitative estimate of drug-likeness (QED) is 0.0222. The molecule has 0 saturated heterocycles. The van der Waals surface area contributed by atoms with Crippen molar-refractivity contribution in [3.8, 4) is 0 Å². The number of hydrogen-bond acceptors (Lipinski definition) is 15. The Morgan fingerprint density at radius 3 is 0.724 bits per heavy atom. The standard InChI is InChI=1S/C86H168O17P2/c1-8-10-11-12-13-14-15-16-17-18-19-23-26-29-32-38-46-53-60-67-83(88)96-73-81(102-85(90)69-62-55-48-39-33-30-27-24-21-20-22-25-28-31-36-43-50-57-64-77(3)4)75-100-104(92,93)98-71-80(87)72-99-105(94,95)101-76-82(74-97-84(89)68-61-54-47-42-41-45-52-59-66-79(7)9-2)103-86(91)70-63-56-49-40-35-34-37-44-51-58-65-78(5)6/h77-82,87H,8-76H2,1-7H3,(H,92,93)(H,94,95)/t79?,80-,81-,82-/m1/s1. The first-order valence-corrected chi connectivity index (χ1v) is 47.4. The van der Waals surface area contributed by atoms with Gasteiger partial charge in [0.2, 0.25) is 0 Å². The number of phosphoric ester groups is 2. The van der Waals surface area contributed by atoms with E-state index in [-0.39, 0.29) is 25.7 Å². The molecule has 624 valence electrons. The maximum Gasteiger partial charge on any atom is 0.472 e. The highest BCUT2D eigenvalue weighted by atomic mass is 31.2. The number of rotatable bonds is 84. The van der Waals surface area contributed by atoms with E-state index in [1.807, 2.05) is 0 Å². The molecule has 0 heterocycles. The van der Waals surface area contributed by atoms with E-state index in [0.29, 0.717) is 25.7 Å². The average Bonchev–Trinajstić information content (AvgIpc) is 0.908. The first-order valence-electron chi connectivity index (χ1n) is 44.4. The van der Waals surface area contributed by atoms with Crippen LogP contribution in [0.3, 0.4) is 0 Å². The van der Waals surface area contributed by atoms with Gasteiger partial charge in [-0.3, -0.25) is 37.3 Å². The summed E-state index contributed by atoms with van der Waals surface area (Å²) in [6, 6.07) is 0. The van der Waals surface area contributed by atoms with Gasteiger partial charge in [-0.2, -0.15) is 0 Å². The van der Waals surface area contributed by atoms with Gasteiger partial charge in [-0.1, -0.05) is 402 Å². The number of aliphatic hydroxyl groups excluding tert-OH is 1. The number of aliphatic hydroxyl groups is 1. The summed E-state index contributed by atoms with van der Waals surface area (Å²) in [5, 5.41) is 10.7. The highest BCUT2D eigenvalue weighted by molar-refractivity contribution is 7.47. The lowest BCUT2D eigenvalue weighted by molar-refractivity contribution is -0.161. The molecule has 0 spiro atoms. The van der Waals surface area contributed by atoms with Crippen molar-refractivity contribution in [2.45, 2.75) is 471 Å². The molecular formula is C86H168O17P2. The van der Waals surface area contributed by atoms with Crippen LogP contribution in [0, 0.1) is 17.8 Å². The van der Waals surface area contributed by atoms with Crippen molar-refractivity contribution in [2.24, 2.45) is 17.8 Å². The van der Waals surface area contributed by atoms with Gasteiger partial charge in [0.25, 0.3) is 0 Å². The zero-order chi connectivity index (χ0) is 77.2. The molecule has 0 aromatic heterocycles. The predicted octanol–water partition coefficient (Wildman–Crippen LogP) is 26.1. The predicted molar refractivity (Wildman–Crippen MR) is 432 cm³/mol. The molecule has 0 aliphatic rings. The minimum absolute atomic E-state index is 0.106. The Bertz CT molecular complexity index is 2030. The number of ether oxygens (including phenoxy) is 4. The van der Waals surface area contributed by atoms with E-state index in [9.17, 15) is 43.2 Å². The van der Waals surface area contributed by atoms with Crippen LogP contribution >= 0.6 is 15.6 Å². The summed E-state index contributed by atoms with van der Waals surface area (Å²) in [6.07, 6.45) is 66.7. The van der Waals surface area contributed by atoms with Crippen LogP contribution in [0.2, 0.25) is 0 Å². The molecule has 0 saturated carbocycles. The summed E-state index contributed by atoms with van der Waals surface area (Å²) >= 11 is 0. The van der Waals surface area contributed by atoms with Crippen molar-refractivity contribution in [1.82, 2.24) is 0 Å². The third-order valence-electron chi connectivity index (χ3n) is 20.5. The normalized spacial score (nSPS) is 14.1. The third-order valence-corrected chi connectivity index (χ3v) is 22.4. The van der Waals surface area contributed by atoms with Gasteiger partial charge in [-0.05, 0) is 43.4 Å². The molecule has 0 fully saturated rings. The number of hydrogen-bond donors (Lipinski definition) is 3. The highest BCUT2D eigenvalue weighted by Gasteiger charge is 2.30. The van der Waals surface area contributed by atoms with E-state index in [4.69, 9.17) is 37.0 Å². The second-order valence-corrected chi connectivity index (χ2v) is 35.0. The Morgan fingerprint density at radius 2 is 0.486 bits per heavy atom. The van der Waals surface area contributed by atoms with E-state index in [2.05, 4.69) is 48.5 Å². The number of unbranched alkanes of at least 4 members (excludes halogenated alkanes) is 51. The first kappa shape index (κ1) is 103. The molecule has 19 heteroatoms. The molecule has 0 rings (SSSR count). The zero-order valence-electron chi connectivity index (χ0n) is 69.2. The van der Waals surface area contributed by atoms with Crippen molar-refractivity contribution in [1.29, 1.82) is 0 Å². The second-order valence-electron chi connectivity index (χ2n) is 32.1. The van der Waals surface area contributed by atoms with Crippen molar-refractivity contribution in [3.05, 3.63) is 0 Å². The number of carbonyl (C=O) groups excluding carboxylic acids is 4. The van der Waals surface area contributed by atoms with Crippen LogP contribution < -0.4 is 0 Å². The van der Waals surface area contributed by atoms with Crippen molar-refractivity contribution in [3.63, 3.8) is 0 Å². The molecular weight excluding hydrogens is 1370 g/mol. The fourth-order valence-corrected chi connectivity index (χ4v) is 14.9. The molecule has 6 atom stereocenters. The molecule has 0 aliphatic heterocycles. The highest BCUT2D eigenvalue weighted by Crippen LogP contribution is 2.45. The fraction of sp³-hybridized carbons (Fsp3) is 0.953. The van der Waals surface area contributed by atoms with Gasteiger partial charge < -0.3 is 33.8 Å². The summed E-state index contributed by atoms with van der Waals surface area (Å²) in [4.78, 5) is 73.2. The van der Waals surface area contributed by atoms with E-state index in [1.165, 1.54) is 263 Å². The minimum Gasteiger partial charge on any atom is -0.462 e. The van der Waals surface area contributed by atoms with Crippen LogP contribution in [-0.2, 0) is 65.4 Å². The number of carbonyl (C=O) groups is 4. The SMILES string of the molecule is CCCCCCCCCCCCCCCCCCCCCC(=O)OC[C@H](COP(=O)(O)OC[C@@H](O)COP(=O)(O)OC[C@@H](COC(=O)CCCCCCCCCCC(C)CC)OC(=O)CCCCCCCCCCCCC(C)C)OC(=O)CCCCCCCCCCCCCCCCCCCCC(C)C. The average molecular weight is 1540 g/mol. The van der Waals surface area contributed by atoms with Gasteiger partial charge in [-0.25, -0.2) is 9.13 Å². The lowest BCUT2D eigenvalue weighted by Crippen LogP contribution is -2.30. The van der Waals surface area contributed by atoms with Gasteiger partial charge in [0, 0.05) is 25.7 Å². The number of phosphoric acid groups is 2. The summed E-state index contributed by atoms with van der Waals surface area (Å²) < 4.78 is 68.9. The Hall–Kier alpha value is -1.94. The van der Waals surface area contributed by atoms with Crippen LogP contribution in [0.1, 0.15) is 453 Å². The van der Waals surface area contributed by atoms with Crippen LogP contribution in [0.5, 0.6) is 0 Å². The lowest BCUT2D eigenvalue weighted by atomic mass is 9.99. The van der Waals surface area contributed by atoms with Gasteiger partial charge in [-0.15, -0.1) is 0 Å². The fourth-order valence-electron chi connectivity index (χ4n) is 13.3. The van der Waals surface area contributed by atoms with Gasteiger partial charge >= 0.3 is 39.5 Å². The maximum absolute atomic E-state index is 13.2. The molecule has 17 nitrogen and oxygen atoms in total. The summed E-state index contributed by atoms with van der Waals surface area (Å²) in [5.74, 6) is 0.244. The van der Waals surface area contributed by atoms with E-state index < -0.39 is 97.5 Å². The molecule has 105 heavy (non-hydrogen) atoms. The Morgan fingerprint density at radius 1 is 0.276 bits per heavy atom. The second kappa shape index (κ2) is 76.1. The molecule has 0 radical (unpaired) electrons. The van der Waals surface area contributed by atoms with E-state index in [1.54, 1.807) is 0 Å². The largest absolute Gasteiger partial charge is 0.472 e. The van der Waals surface area contributed by atoms with Gasteiger partial charge in [0.1, 0.15) is 19.3 Å². The molecule has 0 aromatic carbocycles. The summed E-state index contributed by atoms with van der Waals surface area (Å²) in [7, 11) is -9.93. The van der Waals surface area contributed by atoms with Crippen LogP contribution in [0.25, 0.3) is 0 Å². The zero-order valence-corrected chi connectivity index (χ0v) is 71.0. The van der Waals surface area contributed by atoms with Crippen molar-refractivity contribution >= 4 is 39.5 Å². The van der Waals surface area contributed by atoms with E-state index in [0.717, 1.165) is 108 Å². The van der Waals surface area contributed by atoms with Crippen molar-refractivity contribution in [2.75, 3.05) is 39.6 Å². The smallest absolute Gasteiger partial charge is 0.462 e. The lowest BCUT2D eigenvalue weighted by Gasteiger charge is -2.21. The summed E-state index contributed by atoms with van der Waals surface area (Å²) in [5.41, 5.74) is 0. The van der Waals surface area contributed by atoms with Crippen LogP contribution in [0.4, 0.5) is 0 Å².